The van der Waals surface area contributed by atoms with E-state index in [1.807, 2.05) is 13.0 Å². The Hall–Kier alpha value is -2.27. The summed E-state index contributed by atoms with van der Waals surface area (Å²) in [5.41, 5.74) is 1.98. The fourth-order valence-corrected chi connectivity index (χ4v) is 3.72. The molecule has 0 fully saturated rings. The van der Waals surface area contributed by atoms with Gasteiger partial charge in [0.25, 0.3) is 0 Å². The molecule has 0 aromatic heterocycles. The molecule has 2 atom stereocenters. The highest BCUT2D eigenvalue weighted by molar-refractivity contribution is 5.53. The first-order chi connectivity index (χ1) is 14.8. The highest BCUT2D eigenvalue weighted by atomic mass is 19.2. The number of fused-ring (bicyclic) bond motifs is 2. The van der Waals surface area contributed by atoms with Crippen molar-refractivity contribution in [1.82, 2.24) is 0 Å². The average Bonchev–Trinajstić information content (AvgIpc) is 2.77. The molecule has 1 aliphatic heterocycles. The molecule has 0 N–H and O–H groups in total. The third-order valence-corrected chi connectivity index (χ3v) is 5.92. The van der Waals surface area contributed by atoms with E-state index in [0.717, 1.165) is 12.8 Å². The molecule has 2 nitrogen and oxygen atoms in total. The van der Waals surface area contributed by atoms with Crippen molar-refractivity contribution in [1.29, 1.82) is 0 Å². The molecule has 0 amide bonds. The summed E-state index contributed by atoms with van der Waals surface area (Å²) in [6, 6.07) is 5.20. The molecule has 3 rings (SSSR count). The SMILES string of the molecule is C=CCCc1cc2c(c(F)c1F)Oc1c(ccc(CCC(C)COC(C)CC)c1F)C2. The topological polar surface area (TPSA) is 18.5 Å². The summed E-state index contributed by atoms with van der Waals surface area (Å²) < 4.78 is 55.6. The van der Waals surface area contributed by atoms with E-state index in [1.165, 1.54) is 0 Å². The molecule has 1 heterocycles. The van der Waals surface area contributed by atoms with Crippen LogP contribution in [0.4, 0.5) is 13.2 Å². The number of allylic oxidation sites excluding steroid dienone is 1. The number of aryl methyl sites for hydroxylation is 2. The van der Waals surface area contributed by atoms with Crippen LogP contribution < -0.4 is 4.74 Å². The Balaban J connectivity index is 1.75. The second-order valence-corrected chi connectivity index (χ2v) is 8.48. The summed E-state index contributed by atoms with van der Waals surface area (Å²) in [5.74, 6) is -2.40. The maximum absolute atomic E-state index is 15.2. The van der Waals surface area contributed by atoms with E-state index >= 15 is 4.39 Å². The first-order valence-corrected chi connectivity index (χ1v) is 11.1. The van der Waals surface area contributed by atoms with Crippen LogP contribution in [-0.2, 0) is 24.0 Å². The molecule has 0 aliphatic carbocycles. The van der Waals surface area contributed by atoms with E-state index < -0.39 is 17.5 Å². The highest BCUT2D eigenvalue weighted by Gasteiger charge is 2.28. The molecule has 2 aromatic rings. The van der Waals surface area contributed by atoms with Gasteiger partial charge in [0.1, 0.15) is 0 Å². The van der Waals surface area contributed by atoms with Gasteiger partial charge in [0.2, 0.25) is 5.82 Å². The molecule has 0 spiro atoms. The van der Waals surface area contributed by atoms with Gasteiger partial charge in [0, 0.05) is 24.2 Å². The summed E-state index contributed by atoms with van der Waals surface area (Å²) in [5, 5.41) is 0. The molecule has 0 saturated carbocycles. The standard InChI is InChI=1S/C26H31F3O2/c1-5-7-8-19-13-21-14-20-12-11-18(10-9-16(3)15-30-17(4)6-2)23(28)25(20)31-26(21)24(29)22(19)27/h5,11-13,16-17H,1,6-10,14-15H2,2-4H3. The Morgan fingerprint density at radius 1 is 1.03 bits per heavy atom. The van der Waals surface area contributed by atoms with Gasteiger partial charge in [-0.1, -0.05) is 32.1 Å². The van der Waals surface area contributed by atoms with Gasteiger partial charge in [-0.05, 0) is 62.1 Å². The van der Waals surface area contributed by atoms with E-state index in [1.54, 1.807) is 18.2 Å². The minimum absolute atomic E-state index is 0.00523. The fourth-order valence-electron chi connectivity index (χ4n) is 3.72. The second-order valence-electron chi connectivity index (χ2n) is 8.48. The molecule has 0 bridgehead atoms. The van der Waals surface area contributed by atoms with Gasteiger partial charge in [-0.15, -0.1) is 6.58 Å². The van der Waals surface area contributed by atoms with Gasteiger partial charge in [-0.3, -0.25) is 0 Å². The number of benzene rings is 2. The van der Waals surface area contributed by atoms with Crippen LogP contribution in [0.15, 0.2) is 30.9 Å². The molecule has 2 unspecified atom stereocenters. The molecule has 0 radical (unpaired) electrons. The predicted molar refractivity (Wildman–Crippen MR) is 117 cm³/mol. The summed E-state index contributed by atoms with van der Waals surface area (Å²) in [6.07, 6.45) is 5.33. The van der Waals surface area contributed by atoms with Crippen LogP contribution in [-0.4, -0.2) is 12.7 Å². The van der Waals surface area contributed by atoms with Crippen LogP contribution >= 0.6 is 0 Å². The van der Waals surface area contributed by atoms with Crippen molar-refractivity contribution in [3.8, 4) is 11.5 Å². The van der Waals surface area contributed by atoms with Crippen LogP contribution in [0, 0.1) is 23.4 Å². The van der Waals surface area contributed by atoms with Crippen LogP contribution in [0.5, 0.6) is 11.5 Å². The van der Waals surface area contributed by atoms with Crippen molar-refractivity contribution in [2.24, 2.45) is 5.92 Å². The van der Waals surface area contributed by atoms with Gasteiger partial charge in [-0.25, -0.2) is 8.78 Å². The summed E-state index contributed by atoms with van der Waals surface area (Å²) >= 11 is 0. The summed E-state index contributed by atoms with van der Waals surface area (Å²) in [4.78, 5) is 0. The van der Waals surface area contributed by atoms with E-state index in [9.17, 15) is 8.78 Å². The van der Waals surface area contributed by atoms with Crippen LogP contribution in [0.25, 0.3) is 0 Å². The largest absolute Gasteiger partial charge is 0.450 e. The summed E-state index contributed by atoms with van der Waals surface area (Å²) in [6.45, 7) is 10.4. The van der Waals surface area contributed by atoms with Crippen molar-refractivity contribution >= 4 is 0 Å². The van der Waals surface area contributed by atoms with Crippen LogP contribution in [0.2, 0.25) is 0 Å². The Morgan fingerprint density at radius 3 is 2.48 bits per heavy atom. The Labute approximate surface area is 183 Å². The normalized spacial score (nSPS) is 14.4. The van der Waals surface area contributed by atoms with Gasteiger partial charge < -0.3 is 9.47 Å². The van der Waals surface area contributed by atoms with Gasteiger partial charge >= 0.3 is 0 Å². The lowest BCUT2D eigenvalue weighted by Gasteiger charge is -2.23. The predicted octanol–water partition coefficient (Wildman–Crippen LogP) is 7.30. The van der Waals surface area contributed by atoms with E-state index in [0.29, 0.717) is 49.0 Å². The third-order valence-electron chi connectivity index (χ3n) is 5.92. The van der Waals surface area contributed by atoms with Crippen molar-refractivity contribution in [3.05, 3.63) is 70.6 Å². The van der Waals surface area contributed by atoms with Gasteiger partial charge in [0.05, 0.1) is 6.10 Å². The van der Waals surface area contributed by atoms with Crippen molar-refractivity contribution < 1.29 is 22.6 Å². The maximum Gasteiger partial charge on any atom is 0.201 e. The molecule has 2 aromatic carbocycles. The zero-order chi connectivity index (χ0) is 22.5. The number of hydrogen-bond acceptors (Lipinski definition) is 2. The smallest absolute Gasteiger partial charge is 0.201 e. The zero-order valence-corrected chi connectivity index (χ0v) is 18.6. The monoisotopic (exact) mass is 432 g/mol. The maximum atomic E-state index is 15.2. The van der Waals surface area contributed by atoms with E-state index in [2.05, 4.69) is 20.4 Å². The van der Waals surface area contributed by atoms with Crippen molar-refractivity contribution in [2.75, 3.05) is 6.61 Å². The Kier molecular flexibility index (Phi) is 7.82. The Bertz CT molecular complexity index is 939. The van der Waals surface area contributed by atoms with Gasteiger partial charge in [0.15, 0.2) is 23.1 Å². The molecular weight excluding hydrogens is 401 g/mol. The number of halogens is 3. The molecule has 31 heavy (non-hydrogen) atoms. The van der Waals surface area contributed by atoms with E-state index in [-0.39, 0.29) is 29.1 Å². The minimum atomic E-state index is -1.05. The first-order valence-electron chi connectivity index (χ1n) is 11.1. The number of ether oxygens (including phenoxy) is 2. The second kappa shape index (κ2) is 10.4. The first kappa shape index (κ1) is 23.4. The number of rotatable bonds is 10. The zero-order valence-electron chi connectivity index (χ0n) is 18.6. The van der Waals surface area contributed by atoms with Crippen LogP contribution in [0.3, 0.4) is 0 Å². The lowest BCUT2D eigenvalue weighted by molar-refractivity contribution is 0.0401. The van der Waals surface area contributed by atoms with Crippen molar-refractivity contribution in [2.45, 2.75) is 65.4 Å². The number of hydrogen-bond donors (Lipinski definition) is 0. The quantitative estimate of drug-likeness (QED) is 0.313. The molecule has 168 valence electrons. The summed E-state index contributed by atoms with van der Waals surface area (Å²) in [7, 11) is 0. The van der Waals surface area contributed by atoms with Gasteiger partial charge in [-0.2, -0.15) is 4.39 Å². The van der Waals surface area contributed by atoms with Crippen LogP contribution in [0.1, 0.15) is 62.3 Å². The molecular formula is C26H31F3O2. The molecule has 0 saturated heterocycles. The Morgan fingerprint density at radius 2 is 1.77 bits per heavy atom. The fraction of sp³-hybridized carbons (Fsp3) is 0.462. The highest BCUT2D eigenvalue weighted by Crippen LogP contribution is 2.42. The average molecular weight is 433 g/mol. The van der Waals surface area contributed by atoms with E-state index in [4.69, 9.17) is 9.47 Å². The lowest BCUT2D eigenvalue weighted by atomic mass is 9.93. The molecule has 5 heteroatoms. The molecule has 1 aliphatic rings. The third kappa shape index (κ3) is 5.32. The lowest BCUT2D eigenvalue weighted by Crippen LogP contribution is -2.14. The van der Waals surface area contributed by atoms with Crippen molar-refractivity contribution in [3.63, 3.8) is 0 Å². The minimum Gasteiger partial charge on any atom is -0.450 e.